The number of likely N-dealkylation sites (tertiary alicyclic amines) is 2. The summed E-state index contributed by atoms with van der Waals surface area (Å²) in [7, 11) is 0. The summed E-state index contributed by atoms with van der Waals surface area (Å²) in [6, 6.07) is 3.10. The number of rotatable bonds is 8. The lowest BCUT2D eigenvalue weighted by molar-refractivity contribution is -0.121. The summed E-state index contributed by atoms with van der Waals surface area (Å²) in [5.41, 5.74) is 0.423. The Morgan fingerprint density at radius 2 is 1.75 bits per heavy atom. The van der Waals surface area contributed by atoms with Gasteiger partial charge in [-0.25, -0.2) is 9.18 Å². The van der Waals surface area contributed by atoms with Crippen LogP contribution >= 0.6 is 0 Å². The van der Waals surface area contributed by atoms with Crippen molar-refractivity contribution in [3.8, 4) is 0 Å². The number of amides is 3. The molecule has 3 saturated heterocycles. The van der Waals surface area contributed by atoms with Crippen molar-refractivity contribution in [2.75, 3.05) is 45.8 Å². The van der Waals surface area contributed by atoms with E-state index in [1.807, 2.05) is 19.9 Å². The number of hydrogen-bond donors (Lipinski definition) is 1. The van der Waals surface area contributed by atoms with Gasteiger partial charge in [-0.1, -0.05) is 26.8 Å². The zero-order chi connectivity index (χ0) is 26.1. The highest BCUT2D eigenvalue weighted by Gasteiger charge is 2.32. The minimum Gasteiger partial charge on any atom is -0.372 e. The van der Waals surface area contributed by atoms with Gasteiger partial charge in [0, 0.05) is 64.0 Å². The molecule has 0 aromatic carbocycles. The number of ether oxygens (including phenoxy) is 1. The smallest absolute Gasteiger partial charge is 0.324 e. The first-order chi connectivity index (χ1) is 17.4. The molecule has 3 fully saturated rings. The van der Waals surface area contributed by atoms with Crippen molar-refractivity contribution >= 4 is 11.9 Å². The molecule has 4 heterocycles. The molecule has 3 aliphatic heterocycles. The van der Waals surface area contributed by atoms with Crippen molar-refractivity contribution in [1.82, 2.24) is 24.6 Å². The SMILES string of the molecule is CC.CCN1CCC(OC2CCN(CCn3cccc(CN4CCC(=O)NC4=O)c3=O)CC2)C(F)C1. The molecular weight excluding hydrogens is 465 g/mol. The molecule has 9 nitrogen and oxygen atoms in total. The van der Waals surface area contributed by atoms with E-state index in [9.17, 15) is 18.8 Å². The van der Waals surface area contributed by atoms with Gasteiger partial charge in [-0.3, -0.25) is 14.9 Å². The van der Waals surface area contributed by atoms with E-state index in [4.69, 9.17) is 4.74 Å². The zero-order valence-corrected chi connectivity index (χ0v) is 22.0. The molecule has 4 rings (SSSR count). The van der Waals surface area contributed by atoms with Gasteiger partial charge in [0.15, 0.2) is 0 Å². The number of imide groups is 1. The van der Waals surface area contributed by atoms with E-state index in [-0.39, 0.29) is 36.6 Å². The highest BCUT2D eigenvalue weighted by molar-refractivity contribution is 5.96. The van der Waals surface area contributed by atoms with E-state index in [1.54, 1.807) is 16.8 Å². The second kappa shape index (κ2) is 13.9. The van der Waals surface area contributed by atoms with E-state index in [1.165, 1.54) is 4.90 Å². The van der Waals surface area contributed by atoms with Gasteiger partial charge in [0.25, 0.3) is 5.56 Å². The van der Waals surface area contributed by atoms with Gasteiger partial charge >= 0.3 is 6.03 Å². The topological polar surface area (TPSA) is 87.1 Å². The van der Waals surface area contributed by atoms with E-state index in [0.717, 1.165) is 52.0 Å². The van der Waals surface area contributed by atoms with Crippen molar-refractivity contribution in [2.24, 2.45) is 0 Å². The Bertz CT molecular complexity index is 918. The second-order valence-electron chi connectivity index (χ2n) is 9.47. The van der Waals surface area contributed by atoms with Gasteiger partial charge in [0.2, 0.25) is 5.91 Å². The molecule has 2 unspecified atom stereocenters. The Morgan fingerprint density at radius 1 is 1.03 bits per heavy atom. The number of nitrogens with zero attached hydrogens (tertiary/aromatic N) is 4. The number of carbonyl (C=O) groups excluding carboxylic acids is 2. The largest absolute Gasteiger partial charge is 0.372 e. The number of piperidine rings is 2. The van der Waals surface area contributed by atoms with Crippen LogP contribution < -0.4 is 10.9 Å². The van der Waals surface area contributed by atoms with E-state index in [2.05, 4.69) is 22.0 Å². The molecule has 0 saturated carbocycles. The molecule has 0 spiro atoms. The average Bonchev–Trinajstić information content (AvgIpc) is 2.89. The quantitative estimate of drug-likeness (QED) is 0.581. The summed E-state index contributed by atoms with van der Waals surface area (Å²) in [5.74, 6) is -0.285. The lowest BCUT2D eigenvalue weighted by atomic mass is 10.0. The monoisotopic (exact) mass is 507 g/mol. The summed E-state index contributed by atoms with van der Waals surface area (Å²) in [6.45, 7) is 11.8. The van der Waals surface area contributed by atoms with E-state index in [0.29, 0.717) is 25.2 Å². The third kappa shape index (κ3) is 7.60. The van der Waals surface area contributed by atoms with Crippen LogP contribution in [0.1, 0.15) is 52.0 Å². The van der Waals surface area contributed by atoms with Crippen LogP contribution in [-0.2, 0) is 22.6 Å². The summed E-state index contributed by atoms with van der Waals surface area (Å²) in [4.78, 5) is 42.1. The molecule has 0 aliphatic carbocycles. The first-order valence-corrected chi connectivity index (χ1v) is 13.4. The van der Waals surface area contributed by atoms with Gasteiger partial charge in [0.1, 0.15) is 6.17 Å². The van der Waals surface area contributed by atoms with Crippen molar-refractivity contribution in [3.05, 3.63) is 34.2 Å². The lowest BCUT2D eigenvalue weighted by Crippen LogP contribution is -2.49. The number of hydrogen-bond acceptors (Lipinski definition) is 6. The standard InChI is InChI=1S/C24H36FN5O4.C2H6/c1-2-27-12-7-21(20(25)17-27)34-19-5-10-28(11-6-19)14-15-29-9-3-4-18(23(29)32)16-30-13-8-22(31)26-24(30)33;1-2/h3-4,9,19-21H,2,5-8,10-17H2,1H3,(H,26,31,33);1-2H3. The Morgan fingerprint density at radius 3 is 2.42 bits per heavy atom. The molecule has 202 valence electrons. The molecular formula is C26H42FN5O4. The van der Waals surface area contributed by atoms with E-state index < -0.39 is 12.2 Å². The van der Waals surface area contributed by atoms with Gasteiger partial charge < -0.3 is 24.0 Å². The predicted octanol–water partition coefficient (Wildman–Crippen LogP) is 2.23. The highest BCUT2D eigenvalue weighted by Crippen LogP contribution is 2.23. The van der Waals surface area contributed by atoms with Crippen LogP contribution in [0.25, 0.3) is 0 Å². The predicted molar refractivity (Wildman–Crippen MR) is 137 cm³/mol. The van der Waals surface area contributed by atoms with Crippen molar-refractivity contribution in [2.45, 2.75) is 77.9 Å². The van der Waals surface area contributed by atoms with Crippen LogP contribution in [0.4, 0.5) is 9.18 Å². The van der Waals surface area contributed by atoms with Crippen LogP contribution in [0.15, 0.2) is 23.1 Å². The van der Waals surface area contributed by atoms with Gasteiger partial charge in [-0.2, -0.15) is 0 Å². The molecule has 36 heavy (non-hydrogen) atoms. The van der Waals surface area contributed by atoms with Crippen LogP contribution in [0.5, 0.6) is 0 Å². The molecule has 1 N–H and O–H groups in total. The fraction of sp³-hybridized carbons (Fsp3) is 0.731. The Balaban J connectivity index is 0.00000176. The molecule has 3 amide bonds. The third-order valence-electron chi connectivity index (χ3n) is 7.17. The van der Waals surface area contributed by atoms with Crippen LogP contribution in [0, 0.1) is 0 Å². The fourth-order valence-corrected chi connectivity index (χ4v) is 4.99. The maximum atomic E-state index is 14.4. The Labute approximate surface area is 213 Å². The molecule has 3 aliphatic rings. The summed E-state index contributed by atoms with van der Waals surface area (Å²) >= 11 is 0. The minimum atomic E-state index is -0.914. The molecule has 2 atom stereocenters. The van der Waals surface area contributed by atoms with Crippen LogP contribution in [0.2, 0.25) is 0 Å². The van der Waals surface area contributed by atoms with Gasteiger partial charge in [-0.15, -0.1) is 0 Å². The van der Waals surface area contributed by atoms with Crippen molar-refractivity contribution in [3.63, 3.8) is 0 Å². The summed E-state index contributed by atoms with van der Waals surface area (Å²) in [6.07, 6.45) is 3.41. The van der Waals surface area contributed by atoms with Gasteiger partial charge in [0.05, 0.1) is 18.8 Å². The molecule has 10 heteroatoms. The number of aromatic nitrogens is 1. The van der Waals surface area contributed by atoms with Crippen LogP contribution in [0.3, 0.4) is 0 Å². The lowest BCUT2D eigenvalue weighted by Gasteiger charge is -2.38. The first-order valence-electron chi connectivity index (χ1n) is 13.4. The molecule has 0 radical (unpaired) electrons. The number of urea groups is 1. The second-order valence-corrected chi connectivity index (χ2v) is 9.47. The molecule has 1 aromatic rings. The average molecular weight is 508 g/mol. The Hall–Kier alpha value is -2.30. The number of alkyl halides is 1. The Kier molecular flexibility index (Phi) is 10.9. The molecule has 1 aromatic heterocycles. The maximum absolute atomic E-state index is 14.4. The normalized spacial score (nSPS) is 24.3. The van der Waals surface area contributed by atoms with Crippen LogP contribution in [-0.4, -0.2) is 95.4 Å². The number of halogens is 1. The third-order valence-corrected chi connectivity index (χ3v) is 7.17. The van der Waals surface area contributed by atoms with E-state index >= 15 is 0 Å². The number of carbonyl (C=O) groups is 2. The fourth-order valence-electron chi connectivity index (χ4n) is 4.99. The van der Waals surface area contributed by atoms with Gasteiger partial charge in [-0.05, 0) is 31.9 Å². The van der Waals surface area contributed by atoms with Crippen molar-refractivity contribution < 1.29 is 18.7 Å². The minimum absolute atomic E-state index is 0.0984. The highest BCUT2D eigenvalue weighted by atomic mass is 19.1. The summed E-state index contributed by atoms with van der Waals surface area (Å²) < 4.78 is 22.2. The van der Waals surface area contributed by atoms with Crippen molar-refractivity contribution in [1.29, 1.82) is 0 Å². The number of pyridine rings is 1. The number of nitrogens with one attached hydrogen (secondary N) is 1. The zero-order valence-electron chi connectivity index (χ0n) is 22.0. The molecule has 0 bridgehead atoms. The first kappa shape index (κ1) is 28.3. The summed E-state index contributed by atoms with van der Waals surface area (Å²) in [5, 5.41) is 2.29. The maximum Gasteiger partial charge on any atom is 0.324 e.